The van der Waals surface area contributed by atoms with Crippen LogP contribution in [0.15, 0.2) is 42.5 Å². The molecule has 25 heavy (non-hydrogen) atoms. The summed E-state index contributed by atoms with van der Waals surface area (Å²) >= 11 is 1.13. The maximum Gasteiger partial charge on any atom is 0.418 e. The number of hydrogen-bond donors (Lipinski definition) is 2. The molecule has 9 heteroatoms. The molecule has 3 rings (SSSR count). The number of thiazole rings is 1. The van der Waals surface area contributed by atoms with E-state index in [1.54, 1.807) is 18.2 Å². The number of anilines is 2. The first-order valence-corrected chi connectivity index (χ1v) is 7.71. The second-order valence-electron chi connectivity index (χ2n) is 4.91. The van der Waals surface area contributed by atoms with Crippen molar-refractivity contribution in [2.75, 3.05) is 10.6 Å². The lowest BCUT2D eigenvalue weighted by Crippen LogP contribution is -2.21. The van der Waals surface area contributed by atoms with Crippen LogP contribution in [0.1, 0.15) is 5.56 Å². The second-order valence-corrected chi connectivity index (χ2v) is 5.94. The Bertz CT molecular complexity index is 991. The largest absolute Gasteiger partial charge is 0.418 e. The maximum absolute atomic E-state index is 12.9. The molecule has 5 nitrogen and oxygen atoms in total. The topological polar surface area (TPSA) is 58.4 Å². The van der Waals surface area contributed by atoms with E-state index in [1.165, 1.54) is 18.2 Å². The van der Waals surface area contributed by atoms with Crippen LogP contribution in [0, 0.1) is 6.57 Å². The van der Waals surface area contributed by atoms with Crippen LogP contribution in [0.2, 0.25) is 0 Å². The van der Waals surface area contributed by atoms with Gasteiger partial charge in [0, 0.05) is 4.70 Å². The molecular formula is C16H9F3N4OS. The highest BCUT2D eigenvalue weighted by atomic mass is 32.1. The zero-order valence-electron chi connectivity index (χ0n) is 12.4. The van der Waals surface area contributed by atoms with Crippen molar-refractivity contribution in [3.05, 3.63) is 59.4 Å². The van der Waals surface area contributed by atoms with Crippen molar-refractivity contribution in [2.24, 2.45) is 0 Å². The van der Waals surface area contributed by atoms with Crippen molar-refractivity contribution in [2.45, 2.75) is 6.18 Å². The van der Waals surface area contributed by atoms with Gasteiger partial charge in [0.15, 0.2) is 10.8 Å². The van der Waals surface area contributed by atoms with Crippen LogP contribution in [0.3, 0.4) is 0 Å². The summed E-state index contributed by atoms with van der Waals surface area (Å²) in [6.07, 6.45) is -4.57. The van der Waals surface area contributed by atoms with Gasteiger partial charge in [-0.3, -0.25) is 5.32 Å². The Kier molecular flexibility index (Phi) is 4.29. The zero-order valence-corrected chi connectivity index (χ0v) is 13.2. The van der Waals surface area contributed by atoms with E-state index >= 15 is 0 Å². The van der Waals surface area contributed by atoms with Crippen molar-refractivity contribution in [3.8, 4) is 0 Å². The van der Waals surface area contributed by atoms with Gasteiger partial charge in [-0.1, -0.05) is 29.5 Å². The molecule has 3 aromatic rings. The van der Waals surface area contributed by atoms with Crippen molar-refractivity contribution in [1.82, 2.24) is 4.98 Å². The Morgan fingerprint density at radius 2 is 1.92 bits per heavy atom. The van der Waals surface area contributed by atoms with Crippen LogP contribution in [0.4, 0.5) is 34.5 Å². The summed E-state index contributed by atoms with van der Waals surface area (Å²) in [5, 5.41) is 4.81. The third kappa shape index (κ3) is 3.70. The van der Waals surface area contributed by atoms with Crippen LogP contribution < -0.4 is 10.6 Å². The third-order valence-corrected chi connectivity index (χ3v) is 4.14. The molecule has 1 heterocycles. The van der Waals surface area contributed by atoms with E-state index in [0.29, 0.717) is 15.9 Å². The minimum Gasteiger partial charge on any atom is -0.307 e. The van der Waals surface area contributed by atoms with E-state index in [9.17, 15) is 18.0 Å². The van der Waals surface area contributed by atoms with Gasteiger partial charge in [-0.2, -0.15) is 13.2 Å². The lowest BCUT2D eigenvalue weighted by Gasteiger charge is -2.13. The quantitative estimate of drug-likeness (QED) is 0.591. The second kappa shape index (κ2) is 6.41. The summed E-state index contributed by atoms with van der Waals surface area (Å²) in [4.78, 5) is 19.5. The van der Waals surface area contributed by atoms with Crippen LogP contribution >= 0.6 is 11.3 Å². The highest BCUT2D eigenvalue weighted by molar-refractivity contribution is 7.22. The van der Waals surface area contributed by atoms with Crippen molar-refractivity contribution in [3.63, 3.8) is 0 Å². The van der Waals surface area contributed by atoms with Gasteiger partial charge in [0.2, 0.25) is 0 Å². The minimum absolute atomic E-state index is 0.221. The number of benzene rings is 2. The average molecular weight is 362 g/mol. The standard InChI is InChI=1S/C16H9F3N4OS/c1-20-9-6-7-12-13(8-9)25-15(22-12)23-14(24)21-11-5-3-2-4-10(11)16(17,18)19/h2-8H,(H2,21,22,23,24). The van der Waals surface area contributed by atoms with E-state index < -0.39 is 17.8 Å². The first-order valence-electron chi connectivity index (χ1n) is 6.89. The van der Waals surface area contributed by atoms with E-state index in [2.05, 4.69) is 20.5 Å². The molecule has 2 aromatic carbocycles. The number of fused-ring (bicyclic) bond motifs is 1. The van der Waals surface area contributed by atoms with E-state index in [4.69, 9.17) is 6.57 Å². The molecule has 0 aliphatic rings. The fourth-order valence-electron chi connectivity index (χ4n) is 2.13. The van der Waals surface area contributed by atoms with Crippen LogP contribution in [-0.2, 0) is 6.18 Å². The fourth-order valence-corrected chi connectivity index (χ4v) is 3.02. The van der Waals surface area contributed by atoms with Gasteiger partial charge in [-0.05, 0) is 24.3 Å². The molecule has 1 aromatic heterocycles. The van der Waals surface area contributed by atoms with Gasteiger partial charge >= 0.3 is 12.2 Å². The van der Waals surface area contributed by atoms with E-state index in [0.717, 1.165) is 17.4 Å². The molecule has 0 fully saturated rings. The number of urea groups is 1. The number of alkyl halides is 3. The van der Waals surface area contributed by atoms with Gasteiger partial charge in [0.1, 0.15) is 0 Å². The summed E-state index contributed by atoms with van der Waals surface area (Å²) in [5.41, 5.74) is -0.255. The monoisotopic (exact) mass is 362 g/mol. The van der Waals surface area contributed by atoms with E-state index in [1.807, 2.05) is 0 Å². The highest BCUT2D eigenvalue weighted by Crippen LogP contribution is 2.35. The van der Waals surface area contributed by atoms with Gasteiger partial charge < -0.3 is 5.32 Å². The summed E-state index contributed by atoms with van der Waals surface area (Å²) in [6, 6.07) is 8.73. The molecule has 126 valence electrons. The maximum atomic E-state index is 12.9. The molecule has 0 spiro atoms. The number of para-hydroxylation sites is 1. The Labute approximate surface area is 143 Å². The van der Waals surface area contributed by atoms with Gasteiger partial charge in [-0.15, -0.1) is 0 Å². The van der Waals surface area contributed by atoms with Crippen molar-refractivity contribution in [1.29, 1.82) is 0 Å². The molecule has 0 bridgehead atoms. The van der Waals surface area contributed by atoms with Crippen LogP contribution in [0.5, 0.6) is 0 Å². The van der Waals surface area contributed by atoms with Crippen molar-refractivity contribution < 1.29 is 18.0 Å². The first kappa shape index (κ1) is 16.7. The number of carbonyl (C=O) groups excluding carboxylic acids is 1. The molecule has 0 aliphatic heterocycles. The smallest absolute Gasteiger partial charge is 0.307 e. The molecule has 2 amide bonds. The lowest BCUT2D eigenvalue weighted by molar-refractivity contribution is -0.136. The fraction of sp³-hybridized carbons (Fsp3) is 0.0625. The normalized spacial score (nSPS) is 11.1. The predicted molar refractivity (Wildman–Crippen MR) is 90.0 cm³/mol. The molecule has 0 atom stereocenters. The van der Waals surface area contributed by atoms with Crippen LogP contribution in [0.25, 0.3) is 15.1 Å². The highest BCUT2D eigenvalue weighted by Gasteiger charge is 2.33. The Morgan fingerprint density at radius 3 is 2.64 bits per heavy atom. The van der Waals surface area contributed by atoms with Crippen molar-refractivity contribution >= 4 is 44.1 Å². The Balaban J connectivity index is 1.79. The number of hydrogen-bond acceptors (Lipinski definition) is 3. The first-order chi connectivity index (χ1) is 11.9. The number of aromatic nitrogens is 1. The van der Waals surface area contributed by atoms with Crippen LogP contribution in [-0.4, -0.2) is 11.0 Å². The molecule has 0 aliphatic carbocycles. The number of nitrogens with one attached hydrogen (secondary N) is 2. The number of amides is 2. The van der Waals surface area contributed by atoms with Gasteiger partial charge in [0.05, 0.1) is 23.3 Å². The molecule has 0 radical (unpaired) electrons. The van der Waals surface area contributed by atoms with Gasteiger partial charge in [-0.25, -0.2) is 14.6 Å². The SMILES string of the molecule is [C-]#[N+]c1ccc2nc(NC(=O)Nc3ccccc3C(F)(F)F)sc2c1. The number of carbonyl (C=O) groups is 1. The zero-order chi connectivity index (χ0) is 18.0. The Hall–Kier alpha value is -3.12. The third-order valence-electron chi connectivity index (χ3n) is 3.20. The summed E-state index contributed by atoms with van der Waals surface area (Å²) in [7, 11) is 0. The number of rotatable bonds is 2. The molecule has 0 saturated carbocycles. The summed E-state index contributed by atoms with van der Waals surface area (Å²) in [6.45, 7) is 6.97. The number of nitrogens with zero attached hydrogens (tertiary/aromatic N) is 2. The average Bonchev–Trinajstić information content (AvgIpc) is 2.95. The molecule has 0 unspecified atom stereocenters. The number of halogens is 3. The minimum atomic E-state index is -4.57. The molecule has 0 saturated heterocycles. The van der Waals surface area contributed by atoms with E-state index in [-0.39, 0.29) is 10.8 Å². The molecular weight excluding hydrogens is 353 g/mol. The lowest BCUT2D eigenvalue weighted by atomic mass is 10.1. The summed E-state index contributed by atoms with van der Waals surface area (Å²) in [5.74, 6) is 0. The predicted octanol–water partition coefficient (Wildman–Crippen LogP) is 5.51. The Morgan fingerprint density at radius 1 is 1.16 bits per heavy atom. The van der Waals surface area contributed by atoms with Gasteiger partial charge in [0.25, 0.3) is 0 Å². The summed E-state index contributed by atoms with van der Waals surface area (Å²) < 4.78 is 39.5. The molecule has 2 N–H and O–H groups in total.